The highest BCUT2D eigenvalue weighted by Crippen LogP contribution is 2.25. The van der Waals surface area contributed by atoms with Crippen LogP contribution in [0.15, 0.2) is 64.7 Å². The maximum Gasteiger partial charge on any atom is 0.347 e. The van der Waals surface area contributed by atoms with E-state index in [-0.39, 0.29) is 24.3 Å². The molecule has 0 atom stereocenters. The number of hydrogen-bond acceptors (Lipinski definition) is 5. The number of benzene rings is 1. The minimum atomic E-state index is -0.762. The molecule has 0 unspecified atom stereocenters. The Morgan fingerprint density at radius 2 is 2.12 bits per heavy atom. The lowest BCUT2D eigenvalue weighted by atomic mass is 10.1. The zero-order chi connectivity index (χ0) is 18.8. The van der Waals surface area contributed by atoms with E-state index in [2.05, 4.69) is 6.58 Å². The Hall–Kier alpha value is -3.02. The van der Waals surface area contributed by atoms with Crippen LogP contribution in [0.4, 0.5) is 4.39 Å². The number of allylic oxidation sites excluding steroid dienone is 1. The van der Waals surface area contributed by atoms with Crippen molar-refractivity contribution in [3.63, 3.8) is 0 Å². The quantitative estimate of drug-likeness (QED) is 0.355. The largest absolute Gasteiger partial charge is 0.497 e. The molecule has 0 spiro atoms. The van der Waals surface area contributed by atoms with E-state index < -0.39 is 11.4 Å². The molecule has 0 fully saturated rings. The molecule has 0 N–H and O–H groups in total. The predicted octanol–water partition coefficient (Wildman–Crippen LogP) is 4.47. The van der Waals surface area contributed by atoms with E-state index in [1.807, 2.05) is 0 Å². The summed E-state index contributed by atoms with van der Waals surface area (Å²) in [6.45, 7) is 6.10. The molecule has 0 aliphatic rings. The Morgan fingerprint density at radius 3 is 2.88 bits per heavy atom. The monoisotopic (exact) mass is 360 g/mol. The van der Waals surface area contributed by atoms with E-state index >= 15 is 0 Å². The highest BCUT2D eigenvalue weighted by Gasteiger charge is 2.14. The van der Waals surface area contributed by atoms with Crippen LogP contribution in [0.25, 0.3) is 10.8 Å². The predicted molar refractivity (Wildman–Crippen MR) is 97.4 cm³/mol. The summed E-state index contributed by atoms with van der Waals surface area (Å²) in [5.41, 5.74) is -0.762. The molecule has 0 saturated carbocycles. The van der Waals surface area contributed by atoms with Gasteiger partial charge in [-0.3, -0.25) is 0 Å². The summed E-state index contributed by atoms with van der Waals surface area (Å²) in [5.74, 6) is -0.412. The third-order valence-corrected chi connectivity index (χ3v) is 3.29. The zero-order valence-corrected chi connectivity index (χ0v) is 14.6. The smallest absolute Gasteiger partial charge is 0.347 e. The highest BCUT2D eigenvalue weighted by molar-refractivity contribution is 5.83. The van der Waals surface area contributed by atoms with Crippen molar-refractivity contribution < 1.29 is 23.0 Å². The lowest BCUT2D eigenvalue weighted by molar-refractivity contribution is 0.205. The van der Waals surface area contributed by atoms with E-state index in [1.165, 1.54) is 18.6 Å². The van der Waals surface area contributed by atoms with E-state index in [9.17, 15) is 9.18 Å². The number of fused-ring (bicyclic) bond motifs is 1. The summed E-state index contributed by atoms with van der Waals surface area (Å²) in [7, 11) is 0. The van der Waals surface area contributed by atoms with Crippen molar-refractivity contribution >= 4 is 10.8 Å². The molecule has 0 amide bonds. The number of hydrogen-bond donors (Lipinski definition) is 0. The molecule has 1 aromatic carbocycles. The van der Waals surface area contributed by atoms with E-state index in [4.69, 9.17) is 18.6 Å². The SMILES string of the molecule is C=CCO/C=C/CCOc1ccc2cc(CO/C=C/C)oc(=O)c2c1F. The average Bonchev–Trinajstić information content (AvgIpc) is 2.62. The summed E-state index contributed by atoms with van der Waals surface area (Å²) in [6.07, 6.45) is 8.66. The number of ether oxygens (including phenoxy) is 3. The first kappa shape index (κ1) is 19.3. The molecule has 1 aromatic heterocycles. The molecule has 1 heterocycles. The third-order valence-electron chi connectivity index (χ3n) is 3.29. The Labute approximate surface area is 151 Å². The van der Waals surface area contributed by atoms with Crippen molar-refractivity contribution in [3.8, 4) is 5.75 Å². The standard InChI is InChI=1S/C20H21FO5/c1-3-9-23-11-5-6-12-25-17-8-7-15-13-16(14-24-10-4-2)26-20(22)18(15)19(17)21/h3-5,7-8,10-11,13H,1,6,9,12,14H2,2H3/b10-4+,11-5+. The third kappa shape index (κ3) is 5.24. The van der Waals surface area contributed by atoms with Gasteiger partial charge in [0.2, 0.25) is 0 Å². The fourth-order valence-corrected chi connectivity index (χ4v) is 2.18. The lowest BCUT2D eigenvalue weighted by Gasteiger charge is -2.08. The van der Waals surface area contributed by atoms with Crippen molar-refractivity contribution in [1.29, 1.82) is 0 Å². The Bertz CT molecular complexity index is 851. The van der Waals surface area contributed by atoms with Gasteiger partial charge in [0, 0.05) is 6.42 Å². The Morgan fingerprint density at radius 1 is 1.27 bits per heavy atom. The molecule has 0 aliphatic carbocycles. The van der Waals surface area contributed by atoms with Crippen LogP contribution in [0.5, 0.6) is 5.75 Å². The average molecular weight is 360 g/mol. The molecule has 138 valence electrons. The van der Waals surface area contributed by atoms with Crippen LogP contribution < -0.4 is 10.4 Å². The first-order valence-electron chi connectivity index (χ1n) is 8.15. The molecular formula is C20H21FO5. The van der Waals surface area contributed by atoms with Gasteiger partial charge in [-0.15, -0.1) is 0 Å². The van der Waals surface area contributed by atoms with Crippen molar-refractivity contribution in [1.82, 2.24) is 0 Å². The normalized spacial score (nSPS) is 11.3. The Kier molecular flexibility index (Phi) is 7.49. The second kappa shape index (κ2) is 10.1. The molecule has 0 radical (unpaired) electrons. The van der Waals surface area contributed by atoms with Gasteiger partial charge < -0.3 is 18.6 Å². The summed E-state index contributed by atoms with van der Waals surface area (Å²) >= 11 is 0. The Balaban J connectivity index is 2.08. The second-order valence-corrected chi connectivity index (χ2v) is 5.25. The van der Waals surface area contributed by atoms with Gasteiger partial charge in [-0.1, -0.05) is 24.8 Å². The molecule has 26 heavy (non-hydrogen) atoms. The van der Waals surface area contributed by atoms with Crippen LogP contribution in [-0.4, -0.2) is 13.2 Å². The molecular weight excluding hydrogens is 339 g/mol. The number of rotatable bonds is 10. The van der Waals surface area contributed by atoms with Gasteiger partial charge in [0.1, 0.15) is 24.4 Å². The summed E-state index contributed by atoms with van der Waals surface area (Å²) in [4.78, 5) is 12.1. The van der Waals surface area contributed by atoms with E-state index in [0.29, 0.717) is 24.2 Å². The second-order valence-electron chi connectivity index (χ2n) is 5.25. The van der Waals surface area contributed by atoms with Gasteiger partial charge in [0.05, 0.1) is 19.1 Å². The fraction of sp³-hybridized carbons (Fsp3) is 0.250. The molecule has 5 nitrogen and oxygen atoms in total. The minimum Gasteiger partial charge on any atom is -0.497 e. The molecule has 2 aromatic rings. The molecule has 0 bridgehead atoms. The van der Waals surface area contributed by atoms with Gasteiger partial charge >= 0.3 is 5.63 Å². The fourth-order valence-electron chi connectivity index (χ4n) is 2.18. The number of halogens is 1. The van der Waals surface area contributed by atoms with Crippen LogP contribution in [0.3, 0.4) is 0 Å². The maximum atomic E-state index is 14.6. The van der Waals surface area contributed by atoms with Crippen molar-refractivity contribution in [3.05, 3.63) is 77.5 Å². The lowest BCUT2D eigenvalue weighted by Crippen LogP contribution is -2.07. The van der Waals surface area contributed by atoms with Gasteiger partial charge in [0.15, 0.2) is 11.6 Å². The summed E-state index contributed by atoms with van der Waals surface area (Å²) in [5, 5.41) is 0.296. The summed E-state index contributed by atoms with van der Waals surface area (Å²) in [6, 6.07) is 4.69. The van der Waals surface area contributed by atoms with Gasteiger partial charge in [0.25, 0.3) is 0 Å². The zero-order valence-electron chi connectivity index (χ0n) is 14.6. The molecule has 0 saturated heterocycles. The van der Waals surface area contributed by atoms with E-state index in [1.54, 1.807) is 37.3 Å². The van der Waals surface area contributed by atoms with Crippen LogP contribution in [0.2, 0.25) is 0 Å². The van der Waals surface area contributed by atoms with Crippen LogP contribution in [-0.2, 0) is 16.1 Å². The van der Waals surface area contributed by atoms with Crippen LogP contribution in [0.1, 0.15) is 19.1 Å². The van der Waals surface area contributed by atoms with Gasteiger partial charge in [-0.05, 0) is 30.5 Å². The maximum absolute atomic E-state index is 14.6. The summed E-state index contributed by atoms with van der Waals surface area (Å²) < 4.78 is 35.3. The molecule has 6 heteroatoms. The van der Waals surface area contributed by atoms with Crippen LogP contribution in [0, 0.1) is 5.82 Å². The first-order valence-corrected chi connectivity index (χ1v) is 8.15. The van der Waals surface area contributed by atoms with E-state index in [0.717, 1.165) is 0 Å². The van der Waals surface area contributed by atoms with Gasteiger partial charge in [-0.2, -0.15) is 0 Å². The van der Waals surface area contributed by atoms with Crippen LogP contribution >= 0.6 is 0 Å². The first-order chi connectivity index (χ1) is 12.7. The molecule has 2 rings (SSSR count). The van der Waals surface area contributed by atoms with Gasteiger partial charge in [-0.25, -0.2) is 9.18 Å². The topological polar surface area (TPSA) is 57.9 Å². The van der Waals surface area contributed by atoms with Crippen molar-refractivity contribution in [2.24, 2.45) is 0 Å². The van der Waals surface area contributed by atoms with Crippen molar-refractivity contribution in [2.75, 3.05) is 13.2 Å². The van der Waals surface area contributed by atoms with Crippen molar-refractivity contribution in [2.45, 2.75) is 20.0 Å². The molecule has 0 aliphatic heterocycles. The highest BCUT2D eigenvalue weighted by atomic mass is 19.1. The minimum absolute atomic E-state index is 0.00289.